The van der Waals surface area contributed by atoms with E-state index in [0.29, 0.717) is 0 Å². The van der Waals surface area contributed by atoms with E-state index in [9.17, 15) is 0 Å². The predicted octanol–water partition coefficient (Wildman–Crippen LogP) is 3.48. The molecular formula is C12H18BrNO. The van der Waals surface area contributed by atoms with E-state index in [1.54, 1.807) is 7.11 Å². The minimum atomic E-state index is 0.0381. The second-order valence-electron chi connectivity index (χ2n) is 3.76. The van der Waals surface area contributed by atoms with Crippen LogP contribution in [0.3, 0.4) is 0 Å². The van der Waals surface area contributed by atoms with Crippen molar-refractivity contribution in [2.45, 2.75) is 33.2 Å². The van der Waals surface area contributed by atoms with E-state index >= 15 is 0 Å². The average molecular weight is 272 g/mol. The van der Waals surface area contributed by atoms with Crippen molar-refractivity contribution in [2.24, 2.45) is 5.73 Å². The van der Waals surface area contributed by atoms with Crippen molar-refractivity contribution < 1.29 is 4.74 Å². The van der Waals surface area contributed by atoms with Crippen molar-refractivity contribution in [1.82, 2.24) is 0 Å². The first-order valence-electron chi connectivity index (χ1n) is 5.12. The Morgan fingerprint density at radius 1 is 1.47 bits per heavy atom. The third kappa shape index (κ3) is 2.34. The first-order valence-corrected chi connectivity index (χ1v) is 5.91. The molecule has 0 saturated heterocycles. The summed E-state index contributed by atoms with van der Waals surface area (Å²) in [7, 11) is 1.70. The summed E-state index contributed by atoms with van der Waals surface area (Å²) in [4.78, 5) is 0. The fourth-order valence-corrected chi connectivity index (χ4v) is 2.35. The van der Waals surface area contributed by atoms with E-state index < -0.39 is 0 Å². The van der Waals surface area contributed by atoms with Gasteiger partial charge in [-0.25, -0.2) is 0 Å². The molecule has 0 aliphatic heterocycles. The van der Waals surface area contributed by atoms with Crippen LogP contribution in [0.1, 0.15) is 36.1 Å². The molecule has 0 amide bonds. The van der Waals surface area contributed by atoms with Gasteiger partial charge in [-0.15, -0.1) is 0 Å². The number of methoxy groups -OCH3 is 1. The lowest BCUT2D eigenvalue weighted by atomic mass is 9.96. The molecule has 15 heavy (non-hydrogen) atoms. The minimum Gasteiger partial charge on any atom is -0.496 e. The molecule has 84 valence electrons. The highest BCUT2D eigenvalue weighted by molar-refractivity contribution is 9.10. The lowest BCUT2D eigenvalue weighted by Crippen LogP contribution is -2.13. The molecule has 0 aliphatic rings. The van der Waals surface area contributed by atoms with Crippen molar-refractivity contribution >= 4 is 15.9 Å². The Hall–Kier alpha value is -0.540. The Morgan fingerprint density at radius 3 is 2.53 bits per heavy atom. The van der Waals surface area contributed by atoms with E-state index in [-0.39, 0.29) is 6.04 Å². The van der Waals surface area contributed by atoms with E-state index in [0.717, 1.165) is 27.8 Å². The Balaban J connectivity index is 3.43. The molecule has 0 unspecified atom stereocenters. The van der Waals surface area contributed by atoms with E-state index in [1.165, 1.54) is 5.56 Å². The zero-order chi connectivity index (χ0) is 11.6. The summed E-state index contributed by atoms with van der Waals surface area (Å²) in [5, 5.41) is 0. The van der Waals surface area contributed by atoms with Crippen molar-refractivity contribution in [3.8, 4) is 5.75 Å². The average Bonchev–Trinajstić information content (AvgIpc) is 2.21. The van der Waals surface area contributed by atoms with Gasteiger partial charge in [-0.3, -0.25) is 0 Å². The lowest BCUT2D eigenvalue weighted by molar-refractivity contribution is 0.401. The van der Waals surface area contributed by atoms with Crippen molar-refractivity contribution in [3.63, 3.8) is 0 Å². The molecule has 0 aliphatic carbocycles. The first-order chi connectivity index (χ1) is 7.02. The van der Waals surface area contributed by atoms with Gasteiger partial charge in [-0.2, -0.15) is 0 Å². The summed E-state index contributed by atoms with van der Waals surface area (Å²) in [5.74, 6) is 0.921. The molecule has 3 heteroatoms. The zero-order valence-electron chi connectivity index (χ0n) is 9.73. The zero-order valence-corrected chi connectivity index (χ0v) is 11.3. The molecule has 1 aromatic carbocycles. The smallest absolute Gasteiger partial charge is 0.126 e. The molecule has 0 heterocycles. The molecule has 1 aromatic rings. The first kappa shape index (κ1) is 12.5. The molecule has 0 aromatic heterocycles. The van der Waals surface area contributed by atoms with Crippen LogP contribution in [0, 0.1) is 13.8 Å². The van der Waals surface area contributed by atoms with Gasteiger partial charge in [0.1, 0.15) is 5.75 Å². The summed E-state index contributed by atoms with van der Waals surface area (Å²) in [6.07, 6.45) is 0.910. The van der Waals surface area contributed by atoms with Gasteiger partial charge in [0.05, 0.1) is 7.11 Å². The van der Waals surface area contributed by atoms with Crippen LogP contribution < -0.4 is 10.5 Å². The van der Waals surface area contributed by atoms with Crippen LogP contribution in [0.15, 0.2) is 10.5 Å². The van der Waals surface area contributed by atoms with E-state index in [4.69, 9.17) is 10.5 Å². The molecular weight excluding hydrogens is 254 g/mol. The molecule has 0 fully saturated rings. The Kier molecular flexibility index (Phi) is 4.17. The number of hydrogen-bond donors (Lipinski definition) is 1. The second-order valence-corrected chi connectivity index (χ2v) is 4.62. The van der Waals surface area contributed by atoms with E-state index in [1.807, 2.05) is 6.92 Å². The van der Waals surface area contributed by atoms with Gasteiger partial charge in [0.15, 0.2) is 0 Å². The van der Waals surface area contributed by atoms with Gasteiger partial charge in [0, 0.05) is 16.1 Å². The Morgan fingerprint density at radius 2 is 2.07 bits per heavy atom. The number of halogens is 1. The van der Waals surface area contributed by atoms with Gasteiger partial charge in [-0.05, 0) is 37.5 Å². The lowest BCUT2D eigenvalue weighted by Gasteiger charge is -2.20. The Bertz CT molecular complexity index is 363. The normalized spacial score (nSPS) is 12.7. The summed E-state index contributed by atoms with van der Waals surface area (Å²) in [6.45, 7) is 6.19. The second kappa shape index (κ2) is 4.99. The van der Waals surface area contributed by atoms with Gasteiger partial charge in [0.25, 0.3) is 0 Å². The van der Waals surface area contributed by atoms with Gasteiger partial charge >= 0.3 is 0 Å². The number of rotatable bonds is 3. The highest BCUT2D eigenvalue weighted by Gasteiger charge is 2.17. The standard InChI is InChI=1S/C12H18BrNO/c1-5-10(14)11-8(3)9(13)6-7(2)12(11)15-4/h6,10H,5,14H2,1-4H3/t10-/m1/s1. The van der Waals surface area contributed by atoms with Crippen LogP contribution in [0.4, 0.5) is 0 Å². The number of aryl methyl sites for hydroxylation is 1. The summed E-state index contributed by atoms with van der Waals surface area (Å²) >= 11 is 3.55. The van der Waals surface area contributed by atoms with Crippen LogP contribution in [-0.4, -0.2) is 7.11 Å². The predicted molar refractivity (Wildman–Crippen MR) is 67.4 cm³/mol. The van der Waals surface area contributed by atoms with Crippen LogP contribution in [0.5, 0.6) is 5.75 Å². The van der Waals surface area contributed by atoms with Crippen molar-refractivity contribution in [1.29, 1.82) is 0 Å². The van der Waals surface area contributed by atoms with Crippen LogP contribution in [0.2, 0.25) is 0 Å². The Labute approximate surface area is 99.9 Å². The molecule has 1 rings (SSSR count). The summed E-state index contributed by atoms with van der Waals surface area (Å²) < 4.78 is 6.53. The van der Waals surface area contributed by atoms with Crippen LogP contribution in [0.25, 0.3) is 0 Å². The number of benzene rings is 1. The number of ether oxygens (including phenoxy) is 1. The fourth-order valence-electron chi connectivity index (χ4n) is 1.80. The molecule has 2 nitrogen and oxygen atoms in total. The third-order valence-corrected chi connectivity index (χ3v) is 3.55. The highest BCUT2D eigenvalue weighted by atomic mass is 79.9. The number of hydrogen-bond acceptors (Lipinski definition) is 2. The van der Waals surface area contributed by atoms with Crippen molar-refractivity contribution in [3.05, 3.63) is 27.2 Å². The van der Waals surface area contributed by atoms with Gasteiger partial charge < -0.3 is 10.5 Å². The van der Waals surface area contributed by atoms with Gasteiger partial charge in [0.2, 0.25) is 0 Å². The summed E-state index contributed by atoms with van der Waals surface area (Å²) in [5.41, 5.74) is 9.52. The fraction of sp³-hybridized carbons (Fsp3) is 0.500. The number of nitrogens with two attached hydrogens (primary N) is 1. The molecule has 0 radical (unpaired) electrons. The maximum atomic E-state index is 6.11. The van der Waals surface area contributed by atoms with E-state index in [2.05, 4.69) is 35.8 Å². The topological polar surface area (TPSA) is 35.2 Å². The molecule has 2 N–H and O–H groups in total. The minimum absolute atomic E-state index is 0.0381. The molecule has 0 saturated carbocycles. The summed E-state index contributed by atoms with van der Waals surface area (Å²) in [6, 6.07) is 2.11. The maximum Gasteiger partial charge on any atom is 0.126 e. The monoisotopic (exact) mass is 271 g/mol. The van der Waals surface area contributed by atoms with Gasteiger partial charge in [-0.1, -0.05) is 22.9 Å². The highest BCUT2D eigenvalue weighted by Crippen LogP contribution is 2.36. The van der Waals surface area contributed by atoms with Crippen LogP contribution in [-0.2, 0) is 0 Å². The van der Waals surface area contributed by atoms with Crippen LogP contribution >= 0.6 is 15.9 Å². The quantitative estimate of drug-likeness (QED) is 0.914. The third-order valence-electron chi connectivity index (χ3n) is 2.72. The molecule has 1 atom stereocenters. The largest absolute Gasteiger partial charge is 0.496 e. The SMILES string of the molecule is CC[C@@H](N)c1c(C)c(Br)cc(C)c1OC. The molecule has 0 spiro atoms. The van der Waals surface area contributed by atoms with Crippen molar-refractivity contribution in [2.75, 3.05) is 7.11 Å². The molecule has 0 bridgehead atoms. The maximum absolute atomic E-state index is 6.11.